The van der Waals surface area contributed by atoms with Crippen molar-refractivity contribution >= 4 is 0 Å². The standard InChI is InChI=1S/C11H21N/c1-9-7-10(2,3)12(6)11(4,5)8-9/h1,7-8H2,2-6H3. The van der Waals surface area contributed by atoms with Crippen molar-refractivity contribution in [3.63, 3.8) is 0 Å². The Kier molecular flexibility index (Phi) is 2.12. The Bertz CT molecular complexity index is 181. The summed E-state index contributed by atoms with van der Waals surface area (Å²) in [5.74, 6) is 0. The number of rotatable bonds is 0. The van der Waals surface area contributed by atoms with Gasteiger partial charge in [0.2, 0.25) is 0 Å². The smallest absolute Gasteiger partial charge is 0.0192 e. The first-order valence-corrected chi connectivity index (χ1v) is 4.66. The summed E-state index contributed by atoms with van der Waals surface area (Å²) >= 11 is 0. The fourth-order valence-corrected chi connectivity index (χ4v) is 2.34. The first-order chi connectivity index (χ1) is 5.26. The minimum atomic E-state index is 0.277. The normalized spacial score (nSPS) is 28.9. The predicted octanol–water partition coefficient (Wildman–Crippen LogP) is 2.83. The Labute approximate surface area is 76.5 Å². The summed E-state index contributed by atoms with van der Waals surface area (Å²) in [5, 5.41) is 0. The Morgan fingerprint density at radius 1 is 1.08 bits per heavy atom. The van der Waals surface area contributed by atoms with E-state index in [1.807, 2.05) is 0 Å². The third kappa shape index (κ3) is 1.56. The van der Waals surface area contributed by atoms with Crippen molar-refractivity contribution in [3.05, 3.63) is 12.2 Å². The lowest BCUT2D eigenvalue weighted by Gasteiger charge is -2.51. The van der Waals surface area contributed by atoms with Crippen molar-refractivity contribution in [2.45, 2.75) is 51.6 Å². The molecule has 1 aliphatic rings. The van der Waals surface area contributed by atoms with Gasteiger partial charge in [0.25, 0.3) is 0 Å². The van der Waals surface area contributed by atoms with Crippen LogP contribution in [0.1, 0.15) is 40.5 Å². The van der Waals surface area contributed by atoms with Gasteiger partial charge in [-0.2, -0.15) is 0 Å². The molecule has 1 saturated heterocycles. The topological polar surface area (TPSA) is 3.24 Å². The molecule has 0 amide bonds. The van der Waals surface area contributed by atoms with E-state index in [4.69, 9.17) is 0 Å². The van der Waals surface area contributed by atoms with Crippen molar-refractivity contribution in [1.82, 2.24) is 4.90 Å². The maximum absolute atomic E-state index is 4.11. The fraction of sp³-hybridized carbons (Fsp3) is 0.818. The van der Waals surface area contributed by atoms with E-state index in [1.54, 1.807) is 0 Å². The van der Waals surface area contributed by atoms with E-state index in [2.05, 4.69) is 46.2 Å². The molecule has 1 fully saturated rings. The van der Waals surface area contributed by atoms with Crippen molar-refractivity contribution in [3.8, 4) is 0 Å². The van der Waals surface area contributed by atoms with Crippen LogP contribution in [-0.2, 0) is 0 Å². The highest BCUT2D eigenvalue weighted by Gasteiger charge is 2.39. The summed E-state index contributed by atoms with van der Waals surface area (Å²) in [7, 11) is 2.21. The molecule has 1 heteroatoms. The van der Waals surface area contributed by atoms with E-state index in [0.717, 1.165) is 12.8 Å². The zero-order valence-corrected chi connectivity index (χ0v) is 9.07. The first kappa shape index (κ1) is 9.79. The molecule has 1 nitrogen and oxygen atoms in total. The highest BCUT2D eigenvalue weighted by Crippen LogP contribution is 2.38. The highest BCUT2D eigenvalue weighted by atomic mass is 15.2. The molecule has 70 valence electrons. The number of likely N-dealkylation sites (tertiary alicyclic amines) is 1. The molecule has 0 aromatic heterocycles. The quantitative estimate of drug-likeness (QED) is 0.501. The van der Waals surface area contributed by atoms with E-state index < -0.39 is 0 Å². The monoisotopic (exact) mass is 167 g/mol. The molecule has 1 heterocycles. The number of piperidine rings is 1. The van der Waals surface area contributed by atoms with Gasteiger partial charge in [0, 0.05) is 11.1 Å². The van der Waals surface area contributed by atoms with Crippen molar-refractivity contribution < 1.29 is 0 Å². The van der Waals surface area contributed by atoms with Crippen molar-refractivity contribution in [1.29, 1.82) is 0 Å². The van der Waals surface area contributed by atoms with Gasteiger partial charge < -0.3 is 0 Å². The molecule has 1 aliphatic heterocycles. The van der Waals surface area contributed by atoms with Gasteiger partial charge in [0.15, 0.2) is 0 Å². The summed E-state index contributed by atoms with van der Waals surface area (Å²) in [6.07, 6.45) is 2.26. The van der Waals surface area contributed by atoms with Gasteiger partial charge in [-0.05, 0) is 47.6 Å². The van der Waals surface area contributed by atoms with E-state index >= 15 is 0 Å². The maximum atomic E-state index is 4.11. The van der Waals surface area contributed by atoms with Gasteiger partial charge in [-0.25, -0.2) is 0 Å². The van der Waals surface area contributed by atoms with E-state index in [0.29, 0.717) is 0 Å². The Hall–Kier alpha value is -0.300. The third-order valence-corrected chi connectivity index (χ3v) is 3.18. The molecule has 0 aromatic carbocycles. The minimum absolute atomic E-state index is 0.277. The number of hydrogen-bond acceptors (Lipinski definition) is 1. The summed E-state index contributed by atoms with van der Waals surface area (Å²) in [6.45, 7) is 13.3. The molecular weight excluding hydrogens is 146 g/mol. The predicted molar refractivity (Wildman–Crippen MR) is 54.3 cm³/mol. The maximum Gasteiger partial charge on any atom is 0.0192 e. The van der Waals surface area contributed by atoms with Crippen LogP contribution in [0.15, 0.2) is 12.2 Å². The van der Waals surface area contributed by atoms with Gasteiger partial charge in [-0.1, -0.05) is 12.2 Å². The summed E-state index contributed by atoms with van der Waals surface area (Å²) in [6, 6.07) is 0. The van der Waals surface area contributed by atoms with Crippen LogP contribution in [0, 0.1) is 0 Å². The Morgan fingerprint density at radius 3 is 1.75 bits per heavy atom. The Morgan fingerprint density at radius 2 is 1.42 bits per heavy atom. The van der Waals surface area contributed by atoms with Crippen LogP contribution < -0.4 is 0 Å². The zero-order valence-electron chi connectivity index (χ0n) is 9.07. The van der Waals surface area contributed by atoms with Crippen LogP contribution >= 0.6 is 0 Å². The van der Waals surface area contributed by atoms with Crippen LogP contribution in [-0.4, -0.2) is 23.0 Å². The molecular formula is C11H21N. The van der Waals surface area contributed by atoms with E-state index in [9.17, 15) is 0 Å². The van der Waals surface area contributed by atoms with Gasteiger partial charge in [-0.15, -0.1) is 0 Å². The lowest BCUT2D eigenvalue weighted by atomic mass is 9.78. The second kappa shape index (κ2) is 2.59. The van der Waals surface area contributed by atoms with E-state index in [1.165, 1.54) is 5.57 Å². The molecule has 0 aliphatic carbocycles. The summed E-state index contributed by atoms with van der Waals surface area (Å²) in [4.78, 5) is 2.47. The lowest BCUT2D eigenvalue weighted by Crippen LogP contribution is -2.56. The molecule has 0 unspecified atom stereocenters. The summed E-state index contributed by atoms with van der Waals surface area (Å²) in [5.41, 5.74) is 1.95. The third-order valence-electron chi connectivity index (χ3n) is 3.18. The lowest BCUT2D eigenvalue weighted by molar-refractivity contribution is 0.0213. The molecule has 0 aromatic rings. The molecule has 0 saturated carbocycles. The average molecular weight is 167 g/mol. The van der Waals surface area contributed by atoms with Gasteiger partial charge in [0.05, 0.1) is 0 Å². The largest absolute Gasteiger partial charge is 0.295 e. The fourth-order valence-electron chi connectivity index (χ4n) is 2.34. The SMILES string of the molecule is C=C1CC(C)(C)N(C)C(C)(C)C1. The molecule has 0 atom stereocenters. The van der Waals surface area contributed by atoms with Gasteiger partial charge in [0.1, 0.15) is 0 Å². The second-order valence-electron chi connectivity index (χ2n) is 5.29. The van der Waals surface area contributed by atoms with Crippen molar-refractivity contribution in [2.75, 3.05) is 7.05 Å². The summed E-state index contributed by atoms with van der Waals surface area (Å²) < 4.78 is 0. The van der Waals surface area contributed by atoms with Crippen LogP contribution in [0.25, 0.3) is 0 Å². The highest BCUT2D eigenvalue weighted by molar-refractivity contribution is 5.13. The first-order valence-electron chi connectivity index (χ1n) is 4.66. The van der Waals surface area contributed by atoms with Crippen LogP contribution in [0.3, 0.4) is 0 Å². The van der Waals surface area contributed by atoms with Crippen LogP contribution in [0.2, 0.25) is 0 Å². The molecule has 1 rings (SSSR count). The average Bonchev–Trinajstić information content (AvgIpc) is 1.80. The molecule has 12 heavy (non-hydrogen) atoms. The van der Waals surface area contributed by atoms with Crippen molar-refractivity contribution in [2.24, 2.45) is 0 Å². The Balaban J connectivity index is 2.91. The van der Waals surface area contributed by atoms with Gasteiger partial charge >= 0.3 is 0 Å². The molecule has 0 radical (unpaired) electrons. The minimum Gasteiger partial charge on any atom is -0.295 e. The molecule has 0 bridgehead atoms. The van der Waals surface area contributed by atoms with Crippen LogP contribution in [0.4, 0.5) is 0 Å². The molecule has 0 spiro atoms. The van der Waals surface area contributed by atoms with Gasteiger partial charge in [-0.3, -0.25) is 4.90 Å². The molecule has 0 N–H and O–H groups in total. The zero-order chi connectivity index (χ0) is 9.57. The van der Waals surface area contributed by atoms with Crippen LogP contribution in [0.5, 0.6) is 0 Å². The second-order valence-corrected chi connectivity index (χ2v) is 5.29. The van der Waals surface area contributed by atoms with E-state index in [-0.39, 0.29) is 11.1 Å². The number of hydrogen-bond donors (Lipinski definition) is 0. The number of nitrogens with zero attached hydrogens (tertiary/aromatic N) is 1.